The lowest BCUT2D eigenvalue weighted by Gasteiger charge is -2.01. The van der Waals surface area contributed by atoms with Gasteiger partial charge < -0.3 is 15.1 Å². The molecule has 0 radical (unpaired) electrons. The maximum absolute atomic E-state index is 6.04. The molecule has 0 bridgehead atoms. The van der Waals surface area contributed by atoms with Crippen LogP contribution < -0.4 is 11.1 Å². The van der Waals surface area contributed by atoms with Crippen molar-refractivity contribution in [1.29, 1.82) is 0 Å². The third-order valence-corrected chi connectivity index (χ3v) is 3.89. The van der Waals surface area contributed by atoms with Gasteiger partial charge in [-0.15, -0.1) is 0 Å². The van der Waals surface area contributed by atoms with E-state index in [0.717, 1.165) is 51.3 Å². The Bertz CT molecular complexity index is 1030. The third-order valence-electron chi connectivity index (χ3n) is 3.89. The van der Waals surface area contributed by atoms with Crippen LogP contribution in [-0.4, -0.2) is 18.1 Å². The van der Waals surface area contributed by atoms with Crippen molar-refractivity contribution >= 4 is 33.0 Å². The molecule has 0 amide bonds. The molecule has 4 aromatic rings. The average Bonchev–Trinajstić information content (AvgIpc) is 2.92. The molecule has 0 aliphatic heterocycles. The van der Waals surface area contributed by atoms with Crippen molar-refractivity contribution in [2.75, 3.05) is 13.1 Å². The molecule has 3 N–H and O–H groups in total. The first-order valence-corrected chi connectivity index (χ1v) is 7.51. The number of aromatic nitrogens is 1. The fourth-order valence-electron chi connectivity index (χ4n) is 2.87. The molecule has 0 aliphatic carbocycles. The molecule has 2 aromatic heterocycles. The molecule has 4 nitrogen and oxygen atoms in total. The van der Waals surface area contributed by atoms with E-state index in [1.807, 2.05) is 30.3 Å². The van der Waals surface area contributed by atoms with E-state index >= 15 is 0 Å². The van der Waals surface area contributed by atoms with E-state index < -0.39 is 0 Å². The molecule has 0 fully saturated rings. The normalized spacial score (nSPS) is 12.7. The Morgan fingerprint density at radius 2 is 1.77 bits per heavy atom. The Balaban J connectivity index is 2.18. The zero-order valence-electron chi connectivity index (χ0n) is 12.2. The number of benzene rings is 2. The van der Waals surface area contributed by atoms with Crippen molar-refractivity contribution in [2.24, 2.45) is 10.7 Å². The SMILES string of the molecule is NCCCN=c1c2ccccc2oc2[nH]c3ccccc3c12. The van der Waals surface area contributed by atoms with Crippen LogP contribution in [0.5, 0.6) is 0 Å². The topological polar surface area (TPSA) is 67.3 Å². The third kappa shape index (κ3) is 2.00. The van der Waals surface area contributed by atoms with Crippen molar-refractivity contribution in [3.63, 3.8) is 0 Å². The smallest absolute Gasteiger partial charge is 0.208 e. The minimum atomic E-state index is 0.648. The van der Waals surface area contributed by atoms with Crippen molar-refractivity contribution in [2.45, 2.75) is 6.42 Å². The van der Waals surface area contributed by atoms with Gasteiger partial charge in [-0.05, 0) is 31.2 Å². The van der Waals surface area contributed by atoms with Gasteiger partial charge in [0, 0.05) is 22.8 Å². The number of fused-ring (bicyclic) bond motifs is 4. The van der Waals surface area contributed by atoms with Crippen LogP contribution in [0.25, 0.3) is 33.0 Å². The number of rotatable bonds is 3. The number of nitrogens with one attached hydrogen (secondary N) is 1. The van der Waals surface area contributed by atoms with Gasteiger partial charge in [0.05, 0.1) is 10.7 Å². The summed E-state index contributed by atoms with van der Waals surface area (Å²) in [6.45, 7) is 1.37. The van der Waals surface area contributed by atoms with Crippen molar-refractivity contribution in [3.8, 4) is 0 Å². The summed E-state index contributed by atoms with van der Waals surface area (Å²) in [6, 6.07) is 16.2. The fourth-order valence-corrected chi connectivity index (χ4v) is 2.87. The van der Waals surface area contributed by atoms with Gasteiger partial charge in [-0.2, -0.15) is 0 Å². The summed E-state index contributed by atoms with van der Waals surface area (Å²) in [7, 11) is 0. The molecule has 4 heteroatoms. The first-order valence-electron chi connectivity index (χ1n) is 7.51. The monoisotopic (exact) mass is 291 g/mol. The lowest BCUT2D eigenvalue weighted by atomic mass is 10.1. The second-order valence-corrected chi connectivity index (χ2v) is 5.35. The summed E-state index contributed by atoms with van der Waals surface area (Å²) < 4.78 is 6.04. The minimum Gasteiger partial charge on any atom is -0.440 e. The second-order valence-electron chi connectivity index (χ2n) is 5.35. The van der Waals surface area contributed by atoms with Gasteiger partial charge in [-0.1, -0.05) is 30.3 Å². The summed E-state index contributed by atoms with van der Waals surface area (Å²) in [4.78, 5) is 8.16. The first kappa shape index (κ1) is 13.1. The largest absolute Gasteiger partial charge is 0.440 e. The quantitative estimate of drug-likeness (QED) is 0.569. The lowest BCUT2D eigenvalue weighted by Crippen LogP contribution is -2.08. The molecule has 0 atom stereocenters. The predicted octanol–water partition coefficient (Wildman–Crippen LogP) is 3.32. The lowest BCUT2D eigenvalue weighted by molar-refractivity contribution is 0.647. The van der Waals surface area contributed by atoms with Crippen LogP contribution in [-0.2, 0) is 0 Å². The van der Waals surface area contributed by atoms with Gasteiger partial charge in [0.1, 0.15) is 5.58 Å². The van der Waals surface area contributed by atoms with Crippen molar-refractivity contribution in [3.05, 3.63) is 53.9 Å². The van der Waals surface area contributed by atoms with Gasteiger partial charge >= 0.3 is 0 Å². The van der Waals surface area contributed by atoms with Gasteiger partial charge in [0.25, 0.3) is 0 Å². The van der Waals surface area contributed by atoms with Crippen LogP contribution in [0.1, 0.15) is 6.42 Å². The molecule has 0 saturated carbocycles. The van der Waals surface area contributed by atoms with Crippen LogP contribution in [0.15, 0.2) is 57.9 Å². The number of nitrogens with two attached hydrogens (primary N) is 1. The summed E-state index contributed by atoms with van der Waals surface area (Å²) in [5.41, 5.74) is 8.28. The van der Waals surface area contributed by atoms with Crippen molar-refractivity contribution < 1.29 is 4.42 Å². The van der Waals surface area contributed by atoms with E-state index in [1.54, 1.807) is 0 Å². The molecule has 0 spiro atoms. The van der Waals surface area contributed by atoms with Gasteiger partial charge in [-0.3, -0.25) is 4.99 Å². The molecule has 22 heavy (non-hydrogen) atoms. The Morgan fingerprint density at radius 1 is 1.00 bits per heavy atom. The van der Waals surface area contributed by atoms with Crippen LogP contribution in [0.2, 0.25) is 0 Å². The Hall–Kier alpha value is -2.59. The van der Waals surface area contributed by atoms with E-state index in [1.165, 1.54) is 0 Å². The number of hydrogen-bond acceptors (Lipinski definition) is 3. The summed E-state index contributed by atoms with van der Waals surface area (Å²) in [5, 5.41) is 4.21. The molecule has 0 unspecified atom stereocenters. The highest BCUT2D eigenvalue weighted by Crippen LogP contribution is 2.25. The van der Waals surface area contributed by atoms with Crippen LogP contribution in [0.3, 0.4) is 0 Å². The van der Waals surface area contributed by atoms with Gasteiger partial charge in [0.2, 0.25) is 5.71 Å². The molecular weight excluding hydrogens is 274 g/mol. The maximum atomic E-state index is 6.04. The average molecular weight is 291 g/mol. The first-order chi connectivity index (χ1) is 10.9. The standard InChI is InChI=1S/C18H17N3O/c19-10-5-11-20-17-13-7-2-4-9-15(13)22-18-16(17)12-6-1-3-8-14(12)21-18/h1-4,6-9,21H,5,10-11,19H2. The summed E-state index contributed by atoms with van der Waals surface area (Å²) in [5.74, 6) is 0. The molecule has 0 saturated heterocycles. The van der Waals surface area contributed by atoms with E-state index in [9.17, 15) is 0 Å². The molecule has 4 rings (SSSR count). The highest BCUT2D eigenvalue weighted by atomic mass is 16.3. The zero-order valence-corrected chi connectivity index (χ0v) is 12.2. The van der Waals surface area contributed by atoms with Crippen LogP contribution in [0.4, 0.5) is 0 Å². The highest BCUT2D eigenvalue weighted by Gasteiger charge is 2.11. The molecule has 2 heterocycles. The van der Waals surface area contributed by atoms with E-state index in [4.69, 9.17) is 15.1 Å². The Kier molecular flexibility index (Phi) is 3.16. The minimum absolute atomic E-state index is 0.648. The van der Waals surface area contributed by atoms with Crippen LogP contribution in [0, 0.1) is 0 Å². The van der Waals surface area contributed by atoms with E-state index in [0.29, 0.717) is 6.54 Å². The van der Waals surface area contributed by atoms with E-state index in [2.05, 4.69) is 23.2 Å². The second kappa shape index (κ2) is 5.31. The number of para-hydroxylation sites is 2. The molecule has 0 aliphatic rings. The maximum Gasteiger partial charge on any atom is 0.208 e. The number of nitrogens with zero attached hydrogens (tertiary/aromatic N) is 1. The number of aromatic amines is 1. The molecule has 110 valence electrons. The molecule has 2 aromatic carbocycles. The van der Waals surface area contributed by atoms with Crippen LogP contribution >= 0.6 is 0 Å². The number of hydrogen-bond donors (Lipinski definition) is 2. The summed E-state index contributed by atoms with van der Waals surface area (Å²) in [6.07, 6.45) is 0.879. The van der Waals surface area contributed by atoms with E-state index in [-0.39, 0.29) is 0 Å². The molecular formula is C18H17N3O. The highest BCUT2D eigenvalue weighted by molar-refractivity contribution is 6.07. The number of H-pyrrole nitrogens is 1. The fraction of sp³-hybridized carbons (Fsp3) is 0.167. The Labute approximate surface area is 127 Å². The van der Waals surface area contributed by atoms with Gasteiger partial charge in [0.15, 0.2) is 0 Å². The Morgan fingerprint density at radius 3 is 2.64 bits per heavy atom. The predicted molar refractivity (Wildman–Crippen MR) is 89.7 cm³/mol. The summed E-state index contributed by atoms with van der Waals surface area (Å²) >= 11 is 0. The zero-order chi connectivity index (χ0) is 14.9. The van der Waals surface area contributed by atoms with Gasteiger partial charge in [-0.25, -0.2) is 0 Å². The van der Waals surface area contributed by atoms with Crippen molar-refractivity contribution in [1.82, 2.24) is 4.98 Å².